The van der Waals surface area contributed by atoms with E-state index in [9.17, 15) is 0 Å². The number of rotatable bonds is 12. The summed E-state index contributed by atoms with van der Waals surface area (Å²) in [5, 5.41) is 9.10. The van der Waals surface area contributed by atoms with Crippen LogP contribution < -0.4 is 0 Å². The van der Waals surface area contributed by atoms with Crippen molar-refractivity contribution in [2.24, 2.45) is 0 Å². The minimum Gasteiger partial charge on any atom is -0.456 e. The van der Waals surface area contributed by atoms with E-state index in [0.717, 1.165) is 155 Å². The molecule has 524 valence electrons. The Morgan fingerprint density at radius 1 is 0.179 bits per heavy atom. The summed E-state index contributed by atoms with van der Waals surface area (Å²) in [6.07, 6.45) is 0. The zero-order chi connectivity index (χ0) is 74.0. The minimum absolute atomic E-state index is 0.590. The van der Waals surface area contributed by atoms with E-state index >= 15 is 0 Å². The van der Waals surface area contributed by atoms with E-state index < -0.39 is 0 Å². The summed E-state index contributed by atoms with van der Waals surface area (Å²) in [6.45, 7) is 0. The Bertz CT molecular complexity index is 7220. The monoisotopic (exact) mass is 1430 g/mol. The van der Waals surface area contributed by atoms with Gasteiger partial charge in [-0.1, -0.05) is 303 Å². The number of benzene rings is 16. The van der Waals surface area contributed by atoms with Crippen LogP contribution in [0, 0.1) is 0 Å². The number of hydrogen-bond donors (Lipinski definition) is 0. The SMILES string of the molecule is c1ccc(-c2ccc(-c3ccc4c(c3)oc3ccc5c(c6ccccc6n5-c5ccccc5)c34)c(-c3nc(-c4ccccc4)nc(-c4ccccc4)n3)c2)cc1.c1ccc(-c2ccc(-c3cccc4c3oc3ccc5c(c6ccccc6n5-c5ccccc5)c34)c(-c3nc(-c4ccccc4)nc(-c4ccccc4)n3)c2)cc1. The molecule has 10 heteroatoms. The molecule has 0 amide bonds. The van der Waals surface area contributed by atoms with Gasteiger partial charge in [-0.2, -0.15) is 0 Å². The van der Waals surface area contributed by atoms with Crippen LogP contribution in [0.1, 0.15) is 0 Å². The van der Waals surface area contributed by atoms with E-state index in [1.54, 1.807) is 0 Å². The lowest BCUT2D eigenvalue weighted by molar-refractivity contribution is 0.669. The van der Waals surface area contributed by atoms with E-state index in [0.29, 0.717) is 34.9 Å². The van der Waals surface area contributed by atoms with Crippen LogP contribution in [0.25, 0.3) is 212 Å². The molecule has 0 spiro atoms. The molecule has 22 aromatic rings. The Morgan fingerprint density at radius 3 is 0.991 bits per heavy atom. The number of hydrogen-bond acceptors (Lipinski definition) is 8. The normalized spacial score (nSPS) is 11.6. The van der Waals surface area contributed by atoms with Crippen LogP contribution >= 0.6 is 0 Å². The maximum atomic E-state index is 6.94. The highest BCUT2D eigenvalue weighted by Gasteiger charge is 2.26. The fourth-order valence-electron chi connectivity index (χ4n) is 16.2. The average molecular weight is 1430 g/mol. The topological polar surface area (TPSA) is 113 Å². The molecule has 0 aliphatic carbocycles. The second-order valence-corrected chi connectivity index (χ2v) is 28.0. The van der Waals surface area contributed by atoms with E-state index in [-0.39, 0.29) is 0 Å². The lowest BCUT2D eigenvalue weighted by Gasteiger charge is -2.14. The molecule has 0 unspecified atom stereocenters. The molecule has 16 aromatic carbocycles. The Kier molecular flexibility index (Phi) is 16.0. The smallest absolute Gasteiger partial charge is 0.164 e. The molecular formula is C102H64N8O2. The summed E-state index contributed by atoms with van der Waals surface area (Å²) in [6, 6.07) is 134. The Morgan fingerprint density at radius 2 is 0.536 bits per heavy atom. The van der Waals surface area contributed by atoms with E-state index in [1.165, 1.54) is 21.5 Å². The van der Waals surface area contributed by atoms with Crippen LogP contribution in [0.3, 0.4) is 0 Å². The van der Waals surface area contributed by atoms with Crippen molar-refractivity contribution in [1.29, 1.82) is 0 Å². The van der Waals surface area contributed by atoms with Gasteiger partial charge < -0.3 is 18.0 Å². The second kappa shape index (κ2) is 27.5. The van der Waals surface area contributed by atoms with Crippen molar-refractivity contribution in [1.82, 2.24) is 39.0 Å². The third kappa shape index (κ3) is 11.4. The first-order chi connectivity index (χ1) is 55.5. The molecule has 0 saturated heterocycles. The van der Waals surface area contributed by atoms with Crippen molar-refractivity contribution in [3.8, 4) is 124 Å². The summed E-state index contributed by atoms with van der Waals surface area (Å²) >= 11 is 0. The van der Waals surface area contributed by atoms with Gasteiger partial charge in [-0.05, 0) is 124 Å². The molecule has 22 rings (SSSR count). The van der Waals surface area contributed by atoms with Gasteiger partial charge in [0, 0.05) is 93.4 Å². The molecule has 0 aliphatic heterocycles. The van der Waals surface area contributed by atoms with Gasteiger partial charge in [0.05, 0.1) is 22.1 Å². The molecule has 6 aromatic heterocycles. The van der Waals surface area contributed by atoms with Gasteiger partial charge in [0.15, 0.2) is 34.9 Å². The fourth-order valence-corrected chi connectivity index (χ4v) is 16.2. The predicted octanol–water partition coefficient (Wildman–Crippen LogP) is 26.4. The number of fused-ring (bicyclic) bond motifs is 14. The van der Waals surface area contributed by atoms with Gasteiger partial charge in [0.2, 0.25) is 0 Å². The van der Waals surface area contributed by atoms with Crippen molar-refractivity contribution in [3.05, 3.63) is 388 Å². The Balaban J connectivity index is 0.000000141. The third-order valence-corrected chi connectivity index (χ3v) is 21.3. The van der Waals surface area contributed by atoms with Crippen molar-refractivity contribution < 1.29 is 8.83 Å². The summed E-state index contributed by atoms with van der Waals surface area (Å²) < 4.78 is 18.4. The lowest BCUT2D eigenvalue weighted by Crippen LogP contribution is -2.01. The molecule has 0 fully saturated rings. The summed E-state index contributed by atoms with van der Waals surface area (Å²) in [7, 11) is 0. The van der Waals surface area contributed by atoms with Gasteiger partial charge in [-0.15, -0.1) is 0 Å². The van der Waals surface area contributed by atoms with Gasteiger partial charge in [0.25, 0.3) is 0 Å². The molecule has 0 saturated carbocycles. The van der Waals surface area contributed by atoms with Crippen LogP contribution in [0.2, 0.25) is 0 Å². The molecule has 0 radical (unpaired) electrons. The number of nitrogens with zero attached hydrogens (tertiary/aromatic N) is 8. The molecular weight excluding hydrogens is 1370 g/mol. The van der Waals surface area contributed by atoms with Crippen LogP contribution in [0.5, 0.6) is 0 Å². The molecule has 10 nitrogen and oxygen atoms in total. The largest absolute Gasteiger partial charge is 0.456 e. The van der Waals surface area contributed by atoms with E-state index in [2.05, 4.69) is 264 Å². The minimum atomic E-state index is 0.590. The van der Waals surface area contributed by atoms with Crippen LogP contribution in [0.4, 0.5) is 0 Å². The molecule has 6 heterocycles. The summed E-state index contributed by atoms with van der Waals surface area (Å²) in [5.74, 6) is 3.67. The zero-order valence-corrected chi connectivity index (χ0v) is 60.3. The van der Waals surface area contributed by atoms with Crippen LogP contribution in [-0.4, -0.2) is 39.0 Å². The zero-order valence-electron chi connectivity index (χ0n) is 60.3. The van der Waals surface area contributed by atoms with Crippen molar-refractivity contribution in [2.45, 2.75) is 0 Å². The lowest BCUT2D eigenvalue weighted by atomic mass is 9.93. The maximum Gasteiger partial charge on any atom is 0.164 e. The average Bonchev–Trinajstić information content (AvgIpc) is 1.56. The first-order valence-corrected chi connectivity index (χ1v) is 37.6. The standard InChI is InChI=1S/2C51H32N4O/c1-5-16-33(17-6-1)36-28-29-38(42(32-36)51-53-49(34-18-7-2-8-19-34)52-50(54-51)35-20-9-3-10-21-35)39-25-15-26-41-47-45(56-48(39)41)31-30-44-46(47)40-24-13-14-27-43(40)55(44)37-22-11-4-12-23-37;1-5-15-33(16-6-1)36-25-27-39(42(31-36)51-53-49(34-17-7-2-8-18-34)52-50(54-51)35-19-9-3-10-20-35)37-26-28-41-46(32-37)56-45-30-29-44-47(48(41)45)40-23-13-14-24-43(40)55(44)38-21-11-4-12-22-38/h2*1-32H. The highest BCUT2D eigenvalue weighted by atomic mass is 16.3. The van der Waals surface area contributed by atoms with E-state index in [4.69, 9.17) is 38.7 Å². The number of furan rings is 2. The molecule has 0 aliphatic rings. The van der Waals surface area contributed by atoms with Crippen LogP contribution in [-0.2, 0) is 0 Å². The molecule has 0 N–H and O–H groups in total. The fraction of sp³-hybridized carbons (Fsp3) is 0. The first-order valence-electron chi connectivity index (χ1n) is 37.6. The molecule has 112 heavy (non-hydrogen) atoms. The van der Waals surface area contributed by atoms with Crippen molar-refractivity contribution in [2.75, 3.05) is 0 Å². The van der Waals surface area contributed by atoms with Crippen molar-refractivity contribution in [3.63, 3.8) is 0 Å². The first kappa shape index (κ1) is 65.1. The van der Waals surface area contributed by atoms with Gasteiger partial charge in [-0.25, -0.2) is 29.9 Å². The molecule has 0 bridgehead atoms. The summed E-state index contributed by atoms with van der Waals surface area (Å²) in [4.78, 5) is 30.7. The highest BCUT2D eigenvalue weighted by Crippen LogP contribution is 2.48. The predicted molar refractivity (Wildman–Crippen MR) is 457 cm³/mol. The Labute approximate surface area is 643 Å². The Hall–Kier alpha value is -15.3. The van der Waals surface area contributed by atoms with Crippen LogP contribution in [0.15, 0.2) is 397 Å². The number of aromatic nitrogens is 8. The van der Waals surface area contributed by atoms with Gasteiger partial charge >= 0.3 is 0 Å². The maximum absolute atomic E-state index is 6.94. The van der Waals surface area contributed by atoms with Gasteiger partial charge in [-0.3, -0.25) is 0 Å². The second-order valence-electron chi connectivity index (χ2n) is 28.0. The molecule has 0 atom stereocenters. The van der Waals surface area contributed by atoms with Gasteiger partial charge in [0.1, 0.15) is 22.3 Å². The third-order valence-electron chi connectivity index (χ3n) is 21.3. The highest BCUT2D eigenvalue weighted by molar-refractivity contribution is 6.29. The van der Waals surface area contributed by atoms with Crippen molar-refractivity contribution >= 4 is 87.5 Å². The van der Waals surface area contributed by atoms with E-state index in [1.807, 2.05) is 133 Å². The quantitative estimate of drug-likeness (QED) is 0.119. The number of para-hydroxylation sites is 5. The summed E-state index contributed by atoms with van der Waals surface area (Å²) in [5.41, 5.74) is 24.0.